The second-order valence-corrected chi connectivity index (χ2v) is 6.72. The average molecular weight is 396 g/mol. The van der Waals surface area contributed by atoms with Crippen LogP contribution in [0.15, 0.2) is 41.6 Å². The van der Waals surface area contributed by atoms with Gasteiger partial charge in [0.25, 0.3) is 5.91 Å². The number of carbonyl (C=O) groups excluding carboxylic acids is 1. The van der Waals surface area contributed by atoms with Gasteiger partial charge in [-0.3, -0.25) is 4.79 Å². The Morgan fingerprint density at radius 2 is 2.24 bits per heavy atom. The lowest BCUT2D eigenvalue weighted by atomic mass is 9.95. The van der Waals surface area contributed by atoms with Gasteiger partial charge in [-0.25, -0.2) is 0 Å². The number of aliphatic hydroxyl groups is 1. The lowest BCUT2D eigenvalue weighted by Crippen LogP contribution is -2.37. The van der Waals surface area contributed by atoms with Crippen molar-refractivity contribution in [1.82, 2.24) is 4.90 Å². The molecule has 29 heavy (non-hydrogen) atoms. The molecule has 1 atom stereocenters. The Kier molecular flexibility index (Phi) is 5.00. The van der Waals surface area contributed by atoms with Gasteiger partial charge in [0.1, 0.15) is 12.9 Å². The van der Waals surface area contributed by atoms with E-state index in [1.807, 2.05) is 0 Å². The van der Waals surface area contributed by atoms with Crippen LogP contribution in [0.1, 0.15) is 32.0 Å². The van der Waals surface area contributed by atoms with Gasteiger partial charge in [0, 0.05) is 17.5 Å². The zero-order valence-corrected chi connectivity index (χ0v) is 16.2. The van der Waals surface area contributed by atoms with Gasteiger partial charge in [-0.2, -0.15) is 5.26 Å². The second kappa shape index (κ2) is 8.76. The first-order valence-corrected chi connectivity index (χ1v) is 9.02. The molecule has 1 aliphatic rings. The number of hydrogen-bond acceptors (Lipinski definition) is 6. The maximum absolute atomic E-state index is 13.2. The van der Waals surface area contributed by atoms with Crippen LogP contribution >= 0.6 is 0 Å². The van der Waals surface area contributed by atoms with Gasteiger partial charge < -0.3 is 19.6 Å². The molecule has 2 aromatic rings. The summed E-state index contributed by atoms with van der Waals surface area (Å²) in [6, 6.07) is 11.3. The SMILES string of the molecule is [2H]C([2H])([2H])Oc1cc(C(=O)N2C/C(=N\OC)C[C@H]2CO)ccc1-c1cccc(C#N)c1C. The van der Waals surface area contributed by atoms with Crippen molar-refractivity contribution >= 4 is 11.6 Å². The van der Waals surface area contributed by atoms with Gasteiger partial charge >= 0.3 is 0 Å². The summed E-state index contributed by atoms with van der Waals surface area (Å²) in [5.41, 5.74) is 3.04. The van der Waals surface area contributed by atoms with E-state index in [1.165, 1.54) is 18.1 Å². The van der Waals surface area contributed by atoms with E-state index in [-0.39, 0.29) is 24.5 Å². The first-order valence-electron chi connectivity index (χ1n) is 10.5. The minimum atomic E-state index is -2.74. The Balaban J connectivity index is 2.05. The summed E-state index contributed by atoms with van der Waals surface area (Å²) in [5, 5.41) is 22.9. The van der Waals surface area contributed by atoms with Gasteiger partial charge in [0.2, 0.25) is 0 Å². The Morgan fingerprint density at radius 3 is 2.93 bits per heavy atom. The molecule has 0 unspecified atom stereocenters. The molecule has 0 spiro atoms. The number of nitrogens with zero attached hydrogens (tertiary/aromatic N) is 3. The fourth-order valence-corrected chi connectivity index (χ4v) is 3.55. The monoisotopic (exact) mass is 396 g/mol. The van der Waals surface area contributed by atoms with Gasteiger partial charge in [-0.1, -0.05) is 17.3 Å². The predicted octanol–water partition coefficient (Wildman–Crippen LogP) is 2.75. The Hall–Kier alpha value is -3.37. The summed E-state index contributed by atoms with van der Waals surface area (Å²) in [7, 11) is -1.33. The van der Waals surface area contributed by atoms with Crippen LogP contribution in [0, 0.1) is 18.3 Å². The molecule has 7 heteroatoms. The Labute approximate surface area is 174 Å². The van der Waals surface area contributed by atoms with E-state index in [4.69, 9.17) is 13.7 Å². The molecule has 3 rings (SSSR count). The molecular weight excluding hydrogens is 370 g/mol. The summed E-state index contributed by atoms with van der Waals surface area (Å²) < 4.78 is 27.9. The number of likely N-dealkylation sites (tertiary alicyclic amines) is 1. The van der Waals surface area contributed by atoms with Crippen LogP contribution in [-0.4, -0.2) is 55.0 Å². The van der Waals surface area contributed by atoms with E-state index < -0.39 is 19.0 Å². The van der Waals surface area contributed by atoms with Crippen molar-refractivity contribution in [1.29, 1.82) is 5.26 Å². The first-order chi connectivity index (χ1) is 15.2. The highest BCUT2D eigenvalue weighted by molar-refractivity contribution is 6.01. The molecule has 1 fully saturated rings. The average Bonchev–Trinajstić information content (AvgIpc) is 3.16. The molecule has 2 aromatic carbocycles. The van der Waals surface area contributed by atoms with Crippen molar-refractivity contribution in [2.24, 2.45) is 5.16 Å². The zero-order valence-electron chi connectivity index (χ0n) is 19.2. The molecule has 1 amide bonds. The van der Waals surface area contributed by atoms with Gasteiger partial charge in [0.15, 0.2) is 0 Å². The van der Waals surface area contributed by atoms with Crippen molar-refractivity contribution in [3.05, 3.63) is 53.1 Å². The summed E-state index contributed by atoms with van der Waals surface area (Å²) in [4.78, 5) is 19.4. The highest BCUT2D eigenvalue weighted by Gasteiger charge is 2.33. The fraction of sp³-hybridized carbons (Fsp3) is 0.318. The number of hydrogen-bond donors (Lipinski definition) is 1. The molecular formula is C22H23N3O4. The molecule has 1 aliphatic heterocycles. The minimum Gasteiger partial charge on any atom is -0.496 e. The third-order valence-electron chi connectivity index (χ3n) is 5.04. The van der Waals surface area contributed by atoms with Gasteiger partial charge in [0.05, 0.1) is 47.7 Å². The second-order valence-electron chi connectivity index (χ2n) is 6.72. The number of ether oxygens (including phenoxy) is 1. The van der Waals surface area contributed by atoms with Crippen LogP contribution in [0.5, 0.6) is 5.75 Å². The molecule has 0 radical (unpaired) electrons. The first kappa shape index (κ1) is 16.6. The van der Waals surface area contributed by atoms with Crippen molar-refractivity contribution in [3.8, 4) is 22.9 Å². The molecule has 0 aliphatic carbocycles. The topological polar surface area (TPSA) is 95.2 Å². The molecule has 0 bridgehead atoms. The number of carbonyl (C=O) groups is 1. The quantitative estimate of drug-likeness (QED) is 0.784. The standard InChI is InChI=1S/C22H23N3O4/c1-14-16(11-23)5-4-6-19(14)20-8-7-15(9-21(20)28-2)22(27)25-12-17(24-29-3)10-18(25)13-26/h4-9,18,26H,10,12-13H2,1-3H3/b24-17-/t18-/m0/s1/i2D3. The van der Waals surface area contributed by atoms with Crippen LogP contribution in [-0.2, 0) is 4.84 Å². The number of oxime groups is 1. The number of nitriles is 1. The molecule has 1 saturated heterocycles. The van der Waals surface area contributed by atoms with Crippen LogP contribution in [0.3, 0.4) is 0 Å². The predicted molar refractivity (Wildman–Crippen MR) is 109 cm³/mol. The minimum absolute atomic E-state index is 0.000401. The fourth-order valence-electron chi connectivity index (χ4n) is 3.55. The number of aliphatic hydroxyl groups excluding tert-OH is 1. The highest BCUT2D eigenvalue weighted by Crippen LogP contribution is 2.34. The Morgan fingerprint density at radius 1 is 1.41 bits per heavy atom. The van der Waals surface area contributed by atoms with Crippen LogP contribution in [0.25, 0.3) is 11.1 Å². The molecule has 1 N–H and O–H groups in total. The lowest BCUT2D eigenvalue weighted by Gasteiger charge is -2.23. The third-order valence-corrected chi connectivity index (χ3v) is 5.04. The maximum atomic E-state index is 13.2. The molecule has 0 aromatic heterocycles. The van der Waals surface area contributed by atoms with Crippen molar-refractivity contribution in [2.45, 2.75) is 19.4 Å². The maximum Gasteiger partial charge on any atom is 0.254 e. The normalized spacial score (nSPS) is 19.2. The van der Waals surface area contributed by atoms with Gasteiger partial charge in [-0.05, 0) is 42.3 Å². The summed E-state index contributed by atoms with van der Waals surface area (Å²) in [6.45, 7) is 1.71. The van der Waals surface area contributed by atoms with Crippen LogP contribution in [0.4, 0.5) is 0 Å². The molecule has 150 valence electrons. The highest BCUT2D eigenvalue weighted by atomic mass is 16.6. The summed E-state index contributed by atoms with van der Waals surface area (Å²) in [6.07, 6.45) is 0.382. The van der Waals surface area contributed by atoms with Gasteiger partial charge in [-0.15, -0.1) is 0 Å². The van der Waals surface area contributed by atoms with Crippen LogP contribution in [0.2, 0.25) is 0 Å². The molecule has 0 saturated carbocycles. The van der Waals surface area contributed by atoms with E-state index in [0.29, 0.717) is 34.4 Å². The zero-order chi connectivity index (χ0) is 23.5. The number of amides is 1. The van der Waals surface area contributed by atoms with E-state index >= 15 is 0 Å². The van der Waals surface area contributed by atoms with Crippen molar-refractivity contribution in [3.63, 3.8) is 0 Å². The summed E-state index contributed by atoms with van der Waals surface area (Å²) >= 11 is 0. The van der Waals surface area contributed by atoms with Crippen LogP contribution < -0.4 is 4.74 Å². The molecule has 1 heterocycles. The van der Waals surface area contributed by atoms with E-state index in [2.05, 4.69) is 11.2 Å². The van der Waals surface area contributed by atoms with E-state index in [9.17, 15) is 15.2 Å². The van der Waals surface area contributed by atoms with E-state index in [1.54, 1.807) is 37.3 Å². The number of rotatable bonds is 5. The molecule has 7 nitrogen and oxygen atoms in total. The number of methoxy groups -OCH3 is 1. The largest absolute Gasteiger partial charge is 0.496 e. The number of benzene rings is 2. The summed E-state index contributed by atoms with van der Waals surface area (Å²) in [5.74, 6) is -0.394. The lowest BCUT2D eigenvalue weighted by molar-refractivity contribution is 0.0680. The smallest absolute Gasteiger partial charge is 0.254 e. The third kappa shape index (κ3) is 3.93. The van der Waals surface area contributed by atoms with E-state index in [0.717, 1.165) is 0 Å². The van der Waals surface area contributed by atoms with Crippen molar-refractivity contribution in [2.75, 3.05) is 27.3 Å². The van der Waals surface area contributed by atoms with Crippen molar-refractivity contribution < 1.29 is 23.6 Å². The Bertz CT molecular complexity index is 1090.